The van der Waals surface area contributed by atoms with Crippen molar-refractivity contribution in [3.05, 3.63) is 0 Å². The zero-order valence-electron chi connectivity index (χ0n) is 2.56. The molecule has 0 aromatic carbocycles. The molecule has 0 aliphatic rings. The summed E-state index contributed by atoms with van der Waals surface area (Å²) in [4.78, 5) is 0. The maximum Gasteiger partial charge on any atom is 0.342 e. The van der Waals surface area contributed by atoms with Crippen LogP contribution in [0.25, 0.3) is 0 Å². The average Bonchev–Trinajstić information content (AvgIpc) is 1.35. The first kappa shape index (κ1) is 7.34. The quantitative estimate of drug-likeness (QED) is 0.418. The normalized spacial score (nSPS) is 12.0. The summed E-state index contributed by atoms with van der Waals surface area (Å²) in [6.07, 6.45) is 0. The fourth-order valence-electron chi connectivity index (χ4n) is 0. The fourth-order valence-corrected chi connectivity index (χ4v) is 0. The van der Waals surface area contributed by atoms with Gasteiger partial charge >= 0.3 is 3.98 Å². The van der Waals surface area contributed by atoms with E-state index in [2.05, 4.69) is 3.07 Å². The lowest BCUT2D eigenvalue weighted by molar-refractivity contribution is -0.176. The highest BCUT2D eigenvalue weighted by molar-refractivity contribution is 14.1. The number of aliphatic hydroxyl groups is 2. The van der Waals surface area contributed by atoms with Crippen molar-refractivity contribution in [3.63, 3.8) is 0 Å². The van der Waals surface area contributed by atoms with Crippen molar-refractivity contribution >= 4 is 45.6 Å². The lowest BCUT2D eigenvalue weighted by Crippen LogP contribution is -2.16. The predicted octanol–water partition coefficient (Wildman–Crippen LogP) is 0.384. The van der Waals surface area contributed by atoms with E-state index in [4.69, 9.17) is 10.2 Å². The van der Waals surface area contributed by atoms with Crippen LogP contribution in [0.1, 0.15) is 0 Å². The van der Waals surface area contributed by atoms with Gasteiger partial charge in [0.1, 0.15) is 23.0 Å². The Balaban J connectivity index is 3.17. The average molecular weight is 316 g/mol. The number of halogens is 2. The summed E-state index contributed by atoms with van der Waals surface area (Å²) < 4.78 is 2.00. The first-order chi connectivity index (χ1) is 2.56. The van der Waals surface area contributed by atoms with E-state index in [1.54, 1.807) is 0 Å². The lowest BCUT2D eigenvalue weighted by atomic mass is 11.4. The summed E-state index contributed by atoms with van der Waals surface area (Å²) >= 11 is 2.71. The lowest BCUT2D eigenvalue weighted by Gasteiger charge is -2.05. The van der Waals surface area contributed by atoms with E-state index in [9.17, 15) is 0 Å². The van der Waals surface area contributed by atoms with E-state index in [-0.39, 0.29) is 0 Å². The van der Waals surface area contributed by atoms with Crippen molar-refractivity contribution in [1.82, 2.24) is 0 Å². The Morgan fingerprint density at radius 2 is 1.67 bits per heavy atom. The van der Waals surface area contributed by atoms with E-state index in [0.29, 0.717) is 0 Å². The van der Waals surface area contributed by atoms with Gasteiger partial charge in [-0.15, -0.1) is 0 Å². The van der Waals surface area contributed by atoms with Crippen LogP contribution in [0, 0.1) is 0 Å². The summed E-state index contributed by atoms with van der Waals surface area (Å²) in [7, 11) is 0. The maximum atomic E-state index is 8.14. The second-order valence-corrected chi connectivity index (χ2v) is 2.45. The van der Waals surface area contributed by atoms with E-state index in [1.165, 1.54) is 45.6 Å². The van der Waals surface area contributed by atoms with E-state index >= 15 is 0 Å². The minimum Gasteiger partial charge on any atom is -0.335 e. The predicted molar refractivity (Wildman–Crippen MR) is 36.3 cm³/mol. The van der Waals surface area contributed by atoms with Gasteiger partial charge in [-0.25, -0.2) is 3.07 Å². The molecular weight excluding hydrogens is 314 g/mol. The second-order valence-electron chi connectivity index (χ2n) is 0.606. The van der Waals surface area contributed by atoms with Gasteiger partial charge in [0.05, 0.1) is 0 Å². The van der Waals surface area contributed by atoms with Crippen molar-refractivity contribution in [2.45, 2.75) is 3.98 Å². The highest BCUT2D eigenvalue weighted by Gasteiger charge is 2.15. The van der Waals surface area contributed by atoms with Gasteiger partial charge in [-0.2, -0.15) is 0 Å². The van der Waals surface area contributed by atoms with E-state index in [0.717, 1.165) is 0 Å². The molecule has 6 heavy (non-hydrogen) atoms. The summed E-state index contributed by atoms with van der Waals surface area (Å²) in [5.41, 5.74) is 0. The Morgan fingerprint density at radius 3 is 1.67 bits per heavy atom. The second kappa shape index (κ2) is 2.60. The number of alkyl halides is 1. The molecular formula is CH2I2O3. The highest BCUT2D eigenvalue weighted by Crippen LogP contribution is 2.14. The maximum absolute atomic E-state index is 8.14. The Bertz CT molecular complexity index is 38.5. The molecule has 0 atom stereocenters. The van der Waals surface area contributed by atoms with E-state index in [1.807, 2.05) is 0 Å². The molecule has 3 nitrogen and oxygen atoms in total. The molecule has 5 heteroatoms. The van der Waals surface area contributed by atoms with E-state index < -0.39 is 3.98 Å². The summed E-state index contributed by atoms with van der Waals surface area (Å²) in [5, 5.41) is 16.3. The molecule has 0 amide bonds. The van der Waals surface area contributed by atoms with Crippen molar-refractivity contribution < 1.29 is 13.3 Å². The Labute approximate surface area is 62.5 Å². The van der Waals surface area contributed by atoms with Crippen molar-refractivity contribution in [3.8, 4) is 0 Å². The molecule has 2 N–H and O–H groups in total. The zero-order valence-corrected chi connectivity index (χ0v) is 6.87. The van der Waals surface area contributed by atoms with Crippen molar-refractivity contribution in [2.75, 3.05) is 0 Å². The van der Waals surface area contributed by atoms with Gasteiger partial charge in [0, 0.05) is 22.6 Å². The highest BCUT2D eigenvalue weighted by atomic mass is 127. The van der Waals surface area contributed by atoms with Gasteiger partial charge in [-0.3, -0.25) is 0 Å². The monoisotopic (exact) mass is 316 g/mol. The van der Waals surface area contributed by atoms with Crippen LogP contribution in [0.3, 0.4) is 0 Å². The van der Waals surface area contributed by atoms with Crippen LogP contribution >= 0.6 is 45.6 Å². The van der Waals surface area contributed by atoms with Crippen molar-refractivity contribution in [1.29, 1.82) is 0 Å². The Hall–Kier alpha value is 1.34. The molecule has 0 rings (SSSR count). The summed E-state index contributed by atoms with van der Waals surface area (Å²) in [5.74, 6) is 0. The molecule has 38 valence electrons. The Kier molecular flexibility index (Phi) is 3.18. The molecule has 0 saturated carbocycles. The SMILES string of the molecule is OC(O)(I)OI. The van der Waals surface area contributed by atoms with Gasteiger partial charge < -0.3 is 10.2 Å². The van der Waals surface area contributed by atoms with Gasteiger partial charge in [0.2, 0.25) is 0 Å². The molecule has 0 fully saturated rings. The third-order valence-corrected chi connectivity index (χ3v) is 1.78. The molecule has 0 aliphatic carbocycles. The van der Waals surface area contributed by atoms with Crippen LogP contribution in [0.15, 0.2) is 0 Å². The smallest absolute Gasteiger partial charge is 0.335 e. The largest absolute Gasteiger partial charge is 0.342 e. The molecule has 0 saturated heterocycles. The van der Waals surface area contributed by atoms with Crippen LogP contribution in [0.4, 0.5) is 0 Å². The Morgan fingerprint density at radius 1 is 1.50 bits per heavy atom. The third-order valence-electron chi connectivity index (χ3n) is 0.0982. The van der Waals surface area contributed by atoms with Crippen LogP contribution in [0.2, 0.25) is 0 Å². The van der Waals surface area contributed by atoms with Crippen LogP contribution in [-0.2, 0) is 3.07 Å². The van der Waals surface area contributed by atoms with Gasteiger partial charge in [0.25, 0.3) is 0 Å². The summed E-state index contributed by atoms with van der Waals surface area (Å²) in [6, 6.07) is 0. The number of rotatable bonds is 1. The molecule has 0 aliphatic heterocycles. The third kappa shape index (κ3) is 5.34. The van der Waals surface area contributed by atoms with Gasteiger partial charge in [0.15, 0.2) is 0 Å². The van der Waals surface area contributed by atoms with Crippen molar-refractivity contribution in [2.24, 2.45) is 0 Å². The minimum atomic E-state index is -2.00. The molecule has 0 radical (unpaired) electrons. The standard InChI is InChI=1S/CH2I2O3/c2-1(4,5)6-3/h4-5H. The van der Waals surface area contributed by atoms with Crippen LogP contribution in [0.5, 0.6) is 0 Å². The first-order valence-corrected chi connectivity index (χ1v) is 2.95. The molecule has 0 aromatic rings. The molecule has 0 heterocycles. The van der Waals surface area contributed by atoms with Gasteiger partial charge in [-0.1, -0.05) is 0 Å². The molecule has 0 aromatic heterocycles. The number of hydrogen-bond donors (Lipinski definition) is 2. The zero-order chi connectivity index (χ0) is 5.21. The first-order valence-electron chi connectivity index (χ1n) is 0.995. The molecule has 0 bridgehead atoms. The van der Waals surface area contributed by atoms with Crippen LogP contribution < -0.4 is 0 Å². The summed E-state index contributed by atoms with van der Waals surface area (Å²) in [6.45, 7) is 0. The molecule has 0 unspecified atom stereocenters. The fraction of sp³-hybridized carbons (Fsp3) is 1.00. The minimum absolute atomic E-state index is 1.32. The van der Waals surface area contributed by atoms with Crippen LogP contribution in [-0.4, -0.2) is 14.2 Å². The van der Waals surface area contributed by atoms with Gasteiger partial charge in [-0.05, 0) is 0 Å². The number of hydrogen-bond acceptors (Lipinski definition) is 3. The topological polar surface area (TPSA) is 49.7 Å². The molecule has 0 spiro atoms.